The molecule has 1 saturated heterocycles. The van der Waals surface area contributed by atoms with Crippen molar-refractivity contribution in [3.05, 3.63) is 0 Å². The SMILES string of the molecule is NCC1CCC(N2CCOC(=O)C2)CC1. The number of esters is 1. The summed E-state index contributed by atoms with van der Waals surface area (Å²) >= 11 is 0. The third kappa shape index (κ3) is 2.69. The molecule has 0 amide bonds. The van der Waals surface area contributed by atoms with Crippen LogP contribution in [0.4, 0.5) is 0 Å². The highest BCUT2D eigenvalue weighted by molar-refractivity contribution is 5.72. The van der Waals surface area contributed by atoms with Crippen LogP contribution in [0.3, 0.4) is 0 Å². The van der Waals surface area contributed by atoms with Crippen molar-refractivity contribution in [3.63, 3.8) is 0 Å². The number of nitrogens with zero attached hydrogens (tertiary/aromatic N) is 1. The molecule has 15 heavy (non-hydrogen) atoms. The van der Waals surface area contributed by atoms with Gasteiger partial charge in [0.25, 0.3) is 0 Å². The van der Waals surface area contributed by atoms with Crippen molar-refractivity contribution in [2.75, 3.05) is 26.2 Å². The van der Waals surface area contributed by atoms with E-state index in [1.165, 1.54) is 25.7 Å². The lowest BCUT2D eigenvalue weighted by Crippen LogP contribution is -2.47. The molecular weight excluding hydrogens is 192 g/mol. The Morgan fingerprint density at radius 3 is 2.67 bits per heavy atom. The van der Waals surface area contributed by atoms with Gasteiger partial charge in [-0.2, -0.15) is 0 Å². The molecule has 2 rings (SSSR count). The molecule has 2 fully saturated rings. The lowest BCUT2D eigenvalue weighted by Gasteiger charge is -2.37. The Morgan fingerprint density at radius 2 is 2.07 bits per heavy atom. The fourth-order valence-corrected chi connectivity index (χ4v) is 2.62. The van der Waals surface area contributed by atoms with Gasteiger partial charge in [-0.15, -0.1) is 0 Å². The van der Waals surface area contributed by atoms with Crippen LogP contribution >= 0.6 is 0 Å². The van der Waals surface area contributed by atoms with E-state index in [4.69, 9.17) is 10.5 Å². The summed E-state index contributed by atoms with van der Waals surface area (Å²) in [6, 6.07) is 0.584. The second-order valence-corrected chi connectivity index (χ2v) is 4.60. The van der Waals surface area contributed by atoms with Gasteiger partial charge in [0.15, 0.2) is 0 Å². The number of nitrogens with two attached hydrogens (primary N) is 1. The number of hydrogen-bond donors (Lipinski definition) is 1. The van der Waals surface area contributed by atoms with E-state index in [0.29, 0.717) is 25.1 Å². The predicted octanol–water partition coefficient (Wildman–Crippen LogP) is 0.363. The summed E-state index contributed by atoms with van der Waals surface area (Å²) in [7, 11) is 0. The number of ether oxygens (including phenoxy) is 1. The molecule has 1 aliphatic heterocycles. The quantitative estimate of drug-likeness (QED) is 0.672. The van der Waals surface area contributed by atoms with Gasteiger partial charge >= 0.3 is 5.97 Å². The van der Waals surface area contributed by atoms with Crippen molar-refractivity contribution in [1.29, 1.82) is 0 Å². The summed E-state index contributed by atoms with van der Waals surface area (Å²) in [6.45, 7) is 2.77. The lowest BCUT2D eigenvalue weighted by molar-refractivity contribution is -0.152. The third-order valence-corrected chi connectivity index (χ3v) is 3.64. The third-order valence-electron chi connectivity index (χ3n) is 3.64. The molecule has 0 aromatic heterocycles. The summed E-state index contributed by atoms with van der Waals surface area (Å²) in [6.07, 6.45) is 4.81. The monoisotopic (exact) mass is 212 g/mol. The molecule has 1 heterocycles. The van der Waals surface area contributed by atoms with Gasteiger partial charge in [-0.05, 0) is 38.1 Å². The van der Waals surface area contributed by atoms with Gasteiger partial charge in [0.05, 0.1) is 6.54 Å². The van der Waals surface area contributed by atoms with Crippen LogP contribution in [-0.4, -0.2) is 43.2 Å². The highest BCUT2D eigenvalue weighted by atomic mass is 16.5. The second kappa shape index (κ2) is 4.94. The van der Waals surface area contributed by atoms with E-state index in [2.05, 4.69) is 4.90 Å². The average Bonchev–Trinajstić information content (AvgIpc) is 2.29. The van der Waals surface area contributed by atoms with Crippen molar-refractivity contribution in [3.8, 4) is 0 Å². The second-order valence-electron chi connectivity index (χ2n) is 4.60. The standard InChI is InChI=1S/C11H20N2O2/c12-7-9-1-3-10(4-2-9)13-5-6-15-11(14)8-13/h9-10H,1-8,12H2. The Hall–Kier alpha value is -0.610. The van der Waals surface area contributed by atoms with Crippen LogP contribution in [0.2, 0.25) is 0 Å². The zero-order valence-corrected chi connectivity index (χ0v) is 9.15. The minimum absolute atomic E-state index is 0.0674. The largest absolute Gasteiger partial charge is 0.463 e. The number of cyclic esters (lactones) is 1. The molecule has 0 aromatic carbocycles. The van der Waals surface area contributed by atoms with Gasteiger partial charge in [0.1, 0.15) is 6.61 Å². The smallest absolute Gasteiger partial charge is 0.320 e. The predicted molar refractivity (Wildman–Crippen MR) is 57.3 cm³/mol. The first-order chi connectivity index (χ1) is 7.29. The summed E-state index contributed by atoms with van der Waals surface area (Å²) in [5, 5.41) is 0. The Bertz CT molecular complexity index is 225. The van der Waals surface area contributed by atoms with Crippen molar-refractivity contribution in [2.45, 2.75) is 31.7 Å². The van der Waals surface area contributed by atoms with Gasteiger partial charge in [-0.25, -0.2) is 0 Å². The number of carbonyl (C=O) groups excluding carboxylic acids is 1. The van der Waals surface area contributed by atoms with Gasteiger partial charge in [0.2, 0.25) is 0 Å². The zero-order chi connectivity index (χ0) is 10.7. The van der Waals surface area contributed by atoms with Crippen LogP contribution in [0, 0.1) is 5.92 Å². The summed E-state index contributed by atoms with van der Waals surface area (Å²) in [4.78, 5) is 13.4. The normalized spacial score (nSPS) is 33.8. The van der Waals surface area contributed by atoms with Gasteiger partial charge in [-0.3, -0.25) is 9.69 Å². The van der Waals surface area contributed by atoms with Crippen molar-refractivity contribution in [2.24, 2.45) is 11.7 Å². The van der Waals surface area contributed by atoms with Crippen LogP contribution < -0.4 is 5.73 Å². The van der Waals surface area contributed by atoms with Crippen LogP contribution in [0.5, 0.6) is 0 Å². The molecular formula is C11H20N2O2. The summed E-state index contributed by atoms with van der Waals surface area (Å²) < 4.78 is 4.94. The molecule has 0 bridgehead atoms. The zero-order valence-electron chi connectivity index (χ0n) is 9.15. The molecule has 4 heteroatoms. The average molecular weight is 212 g/mol. The Balaban J connectivity index is 1.81. The van der Waals surface area contributed by atoms with E-state index < -0.39 is 0 Å². The van der Waals surface area contributed by atoms with E-state index in [0.717, 1.165) is 13.1 Å². The van der Waals surface area contributed by atoms with Gasteiger partial charge in [0, 0.05) is 12.6 Å². The van der Waals surface area contributed by atoms with Gasteiger partial charge < -0.3 is 10.5 Å². The molecule has 0 atom stereocenters. The maximum atomic E-state index is 11.2. The number of hydrogen-bond acceptors (Lipinski definition) is 4. The van der Waals surface area contributed by atoms with E-state index in [1.807, 2.05) is 0 Å². The van der Waals surface area contributed by atoms with Gasteiger partial charge in [-0.1, -0.05) is 0 Å². The van der Waals surface area contributed by atoms with E-state index in [1.54, 1.807) is 0 Å². The van der Waals surface area contributed by atoms with Crippen molar-refractivity contribution >= 4 is 5.97 Å². The molecule has 2 N–H and O–H groups in total. The minimum Gasteiger partial charge on any atom is -0.463 e. The molecule has 4 nitrogen and oxygen atoms in total. The number of rotatable bonds is 2. The maximum Gasteiger partial charge on any atom is 0.320 e. The van der Waals surface area contributed by atoms with Crippen LogP contribution in [0.25, 0.3) is 0 Å². The Kier molecular flexibility index (Phi) is 3.59. The molecule has 0 aromatic rings. The Labute approximate surface area is 90.8 Å². The maximum absolute atomic E-state index is 11.2. The fraction of sp³-hybridized carbons (Fsp3) is 0.909. The number of morpholine rings is 1. The topological polar surface area (TPSA) is 55.6 Å². The molecule has 86 valence electrons. The summed E-state index contributed by atoms with van der Waals surface area (Å²) in [5.41, 5.74) is 5.66. The first-order valence-electron chi connectivity index (χ1n) is 5.89. The summed E-state index contributed by atoms with van der Waals surface area (Å²) in [5.74, 6) is 0.639. The Morgan fingerprint density at radius 1 is 1.33 bits per heavy atom. The molecule has 1 saturated carbocycles. The molecule has 0 unspecified atom stereocenters. The van der Waals surface area contributed by atoms with E-state index in [-0.39, 0.29) is 5.97 Å². The lowest BCUT2D eigenvalue weighted by atomic mass is 9.85. The highest BCUT2D eigenvalue weighted by Gasteiger charge is 2.28. The molecule has 0 radical (unpaired) electrons. The van der Waals surface area contributed by atoms with E-state index >= 15 is 0 Å². The van der Waals surface area contributed by atoms with Crippen LogP contribution in [0.1, 0.15) is 25.7 Å². The van der Waals surface area contributed by atoms with Crippen LogP contribution in [0.15, 0.2) is 0 Å². The highest BCUT2D eigenvalue weighted by Crippen LogP contribution is 2.27. The minimum atomic E-state index is -0.0674. The van der Waals surface area contributed by atoms with Crippen LogP contribution in [-0.2, 0) is 9.53 Å². The van der Waals surface area contributed by atoms with Crippen molar-refractivity contribution < 1.29 is 9.53 Å². The first-order valence-corrected chi connectivity index (χ1v) is 5.89. The molecule has 2 aliphatic rings. The fourth-order valence-electron chi connectivity index (χ4n) is 2.62. The molecule has 0 spiro atoms. The van der Waals surface area contributed by atoms with Crippen molar-refractivity contribution in [1.82, 2.24) is 4.90 Å². The molecule has 1 aliphatic carbocycles. The van der Waals surface area contributed by atoms with E-state index in [9.17, 15) is 4.79 Å². The first kappa shape index (κ1) is 10.9. The number of carbonyl (C=O) groups is 1.